The van der Waals surface area contributed by atoms with E-state index in [2.05, 4.69) is 76.7 Å². The Balaban J connectivity index is 2.48. The SMILES string of the molecule is CCN(CC)C(CNC(=NC)NCCCN(C)CCOC)c1ccccc1. The van der Waals surface area contributed by atoms with Crippen LogP contribution in [-0.4, -0.2) is 82.8 Å². The highest BCUT2D eigenvalue weighted by molar-refractivity contribution is 5.79. The molecular formula is C21H39N5O. The summed E-state index contributed by atoms with van der Waals surface area (Å²) < 4.78 is 5.11. The fourth-order valence-corrected chi connectivity index (χ4v) is 3.13. The van der Waals surface area contributed by atoms with Crippen LogP contribution in [0, 0.1) is 0 Å². The molecule has 0 radical (unpaired) electrons. The van der Waals surface area contributed by atoms with E-state index >= 15 is 0 Å². The molecule has 1 aromatic rings. The van der Waals surface area contributed by atoms with Crippen LogP contribution in [0.3, 0.4) is 0 Å². The molecule has 6 heteroatoms. The lowest BCUT2D eigenvalue weighted by Crippen LogP contribution is -2.43. The van der Waals surface area contributed by atoms with Gasteiger partial charge in [-0.2, -0.15) is 0 Å². The van der Waals surface area contributed by atoms with Crippen LogP contribution in [0.4, 0.5) is 0 Å². The fourth-order valence-electron chi connectivity index (χ4n) is 3.13. The Morgan fingerprint density at radius 2 is 1.81 bits per heavy atom. The lowest BCUT2D eigenvalue weighted by atomic mass is 10.1. The highest BCUT2D eigenvalue weighted by Crippen LogP contribution is 2.19. The zero-order valence-electron chi connectivity index (χ0n) is 17.9. The zero-order valence-corrected chi connectivity index (χ0v) is 17.9. The summed E-state index contributed by atoms with van der Waals surface area (Å²) >= 11 is 0. The maximum atomic E-state index is 5.11. The number of rotatable bonds is 13. The molecule has 0 saturated carbocycles. The van der Waals surface area contributed by atoms with E-state index in [-0.39, 0.29) is 0 Å². The Morgan fingerprint density at radius 3 is 2.41 bits per heavy atom. The number of guanidine groups is 1. The van der Waals surface area contributed by atoms with Gasteiger partial charge in [0.15, 0.2) is 5.96 Å². The molecule has 6 nitrogen and oxygen atoms in total. The Morgan fingerprint density at radius 1 is 1.11 bits per heavy atom. The number of likely N-dealkylation sites (N-methyl/N-ethyl adjacent to an activating group) is 2. The summed E-state index contributed by atoms with van der Waals surface area (Å²) in [6, 6.07) is 11.0. The normalized spacial score (nSPS) is 13.2. The number of aliphatic imine (C=N–C) groups is 1. The Bertz CT molecular complexity index is 505. The van der Waals surface area contributed by atoms with Gasteiger partial charge in [0.1, 0.15) is 0 Å². The van der Waals surface area contributed by atoms with Crippen molar-refractivity contribution in [2.24, 2.45) is 4.99 Å². The highest BCUT2D eigenvalue weighted by Gasteiger charge is 2.18. The molecule has 0 bridgehead atoms. The largest absolute Gasteiger partial charge is 0.383 e. The molecule has 1 atom stereocenters. The van der Waals surface area contributed by atoms with Gasteiger partial charge < -0.3 is 20.3 Å². The molecule has 0 amide bonds. The second kappa shape index (κ2) is 14.4. The minimum Gasteiger partial charge on any atom is -0.383 e. The van der Waals surface area contributed by atoms with E-state index in [0.717, 1.165) is 58.3 Å². The van der Waals surface area contributed by atoms with Crippen molar-refractivity contribution < 1.29 is 4.74 Å². The van der Waals surface area contributed by atoms with Crippen LogP contribution in [-0.2, 0) is 4.74 Å². The van der Waals surface area contributed by atoms with Gasteiger partial charge in [-0.15, -0.1) is 0 Å². The smallest absolute Gasteiger partial charge is 0.191 e. The highest BCUT2D eigenvalue weighted by atomic mass is 16.5. The lowest BCUT2D eigenvalue weighted by Gasteiger charge is -2.30. The van der Waals surface area contributed by atoms with E-state index < -0.39 is 0 Å². The van der Waals surface area contributed by atoms with Gasteiger partial charge in [-0.05, 0) is 38.7 Å². The van der Waals surface area contributed by atoms with Gasteiger partial charge in [-0.1, -0.05) is 44.2 Å². The van der Waals surface area contributed by atoms with Gasteiger partial charge in [0.25, 0.3) is 0 Å². The summed E-state index contributed by atoms with van der Waals surface area (Å²) in [5.41, 5.74) is 1.34. The minimum atomic E-state index is 0.333. The summed E-state index contributed by atoms with van der Waals surface area (Å²) in [7, 11) is 5.70. The number of methoxy groups -OCH3 is 1. The fraction of sp³-hybridized carbons (Fsp3) is 0.667. The van der Waals surface area contributed by atoms with Crippen molar-refractivity contribution in [1.82, 2.24) is 20.4 Å². The van der Waals surface area contributed by atoms with Crippen molar-refractivity contribution in [3.8, 4) is 0 Å². The van der Waals surface area contributed by atoms with Crippen molar-refractivity contribution in [3.63, 3.8) is 0 Å². The predicted molar refractivity (Wildman–Crippen MR) is 115 cm³/mol. The molecule has 154 valence electrons. The summed E-state index contributed by atoms with van der Waals surface area (Å²) in [5.74, 6) is 0.864. The van der Waals surface area contributed by atoms with Gasteiger partial charge in [0, 0.05) is 33.8 Å². The summed E-state index contributed by atoms with van der Waals surface area (Å²) in [4.78, 5) is 9.13. The number of ether oxygens (including phenoxy) is 1. The number of hydrogen-bond acceptors (Lipinski definition) is 4. The maximum absolute atomic E-state index is 5.11. The second-order valence-electron chi connectivity index (χ2n) is 6.68. The van der Waals surface area contributed by atoms with Gasteiger partial charge in [-0.25, -0.2) is 0 Å². The second-order valence-corrected chi connectivity index (χ2v) is 6.68. The van der Waals surface area contributed by atoms with Crippen LogP contribution in [0.25, 0.3) is 0 Å². The Kier molecular flexibility index (Phi) is 12.5. The molecule has 0 saturated heterocycles. The molecule has 0 aliphatic carbocycles. The zero-order chi connectivity index (χ0) is 19.9. The average Bonchev–Trinajstić information content (AvgIpc) is 2.71. The third-order valence-electron chi connectivity index (χ3n) is 4.81. The first kappa shape index (κ1) is 23.4. The number of benzene rings is 1. The molecule has 2 N–H and O–H groups in total. The average molecular weight is 378 g/mol. The Labute approximate surface area is 166 Å². The quantitative estimate of drug-likeness (QED) is 0.314. The minimum absolute atomic E-state index is 0.333. The van der Waals surface area contributed by atoms with Crippen LogP contribution >= 0.6 is 0 Å². The number of nitrogens with one attached hydrogen (secondary N) is 2. The summed E-state index contributed by atoms with van der Waals surface area (Å²) in [6.07, 6.45) is 1.07. The van der Waals surface area contributed by atoms with Crippen LogP contribution in [0.2, 0.25) is 0 Å². The number of nitrogens with zero attached hydrogens (tertiary/aromatic N) is 3. The lowest BCUT2D eigenvalue weighted by molar-refractivity contribution is 0.161. The summed E-state index contributed by atoms with van der Waals surface area (Å²) in [6.45, 7) is 11.0. The molecule has 0 aromatic heterocycles. The van der Waals surface area contributed by atoms with Gasteiger partial charge in [0.2, 0.25) is 0 Å². The Hall–Kier alpha value is -1.63. The molecule has 0 spiro atoms. The third kappa shape index (κ3) is 9.22. The van der Waals surface area contributed by atoms with Gasteiger partial charge in [0.05, 0.1) is 12.6 Å². The summed E-state index contributed by atoms with van der Waals surface area (Å²) in [5, 5.41) is 6.93. The van der Waals surface area contributed by atoms with Crippen molar-refractivity contribution in [1.29, 1.82) is 0 Å². The monoisotopic (exact) mass is 377 g/mol. The first-order valence-corrected chi connectivity index (χ1v) is 10.1. The van der Waals surface area contributed by atoms with E-state index in [0.29, 0.717) is 6.04 Å². The van der Waals surface area contributed by atoms with Crippen LogP contribution in [0.1, 0.15) is 31.9 Å². The first-order chi connectivity index (χ1) is 13.2. The standard InChI is InChI=1S/C21H39N5O/c1-6-26(7-2)20(19-12-9-8-10-13-19)18-24-21(22-3)23-14-11-15-25(4)16-17-27-5/h8-10,12-13,20H,6-7,11,14-18H2,1-5H3,(H2,22,23,24). The van der Waals surface area contributed by atoms with Crippen LogP contribution < -0.4 is 10.6 Å². The van der Waals surface area contributed by atoms with E-state index in [1.54, 1.807) is 7.11 Å². The topological polar surface area (TPSA) is 52.1 Å². The molecule has 27 heavy (non-hydrogen) atoms. The molecule has 0 aliphatic rings. The molecule has 1 unspecified atom stereocenters. The van der Waals surface area contributed by atoms with Crippen LogP contribution in [0.5, 0.6) is 0 Å². The maximum Gasteiger partial charge on any atom is 0.191 e. The molecule has 0 fully saturated rings. The van der Waals surface area contributed by atoms with Crippen molar-refractivity contribution in [3.05, 3.63) is 35.9 Å². The van der Waals surface area contributed by atoms with Crippen LogP contribution in [0.15, 0.2) is 35.3 Å². The molecular weight excluding hydrogens is 338 g/mol. The van der Waals surface area contributed by atoms with E-state index in [1.165, 1.54) is 5.56 Å². The van der Waals surface area contributed by atoms with E-state index in [4.69, 9.17) is 4.74 Å². The van der Waals surface area contributed by atoms with Crippen molar-refractivity contribution in [2.45, 2.75) is 26.3 Å². The molecule has 1 rings (SSSR count). The molecule has 0 aliphatic heterocycles. The van der Waals surface area contributed by atoms with Gasteiger partial charge >= 0.3 is 0 Å². The third-order valence-corrected chi connectivity index (χ3v) is 4.81. The van der Waals surface area contributed by atoms with Crippen molar-refractivity contribution >= 4 is 5.96 Å². The van der Waals surface area contributed by atoms with E-state index in [9.17, 15) is 0 Å². The first-order valence-electron chi connectivity index (χ1n) is 10.1. The molecule has 1 aromatic carbocycles. The van der Waals surface area contributed by atoms with E-state index in [1.807, 2.05) is 7.05 Å². The molecule has 0 heterocycles. The van der Waals surface area contributed by atoms with Gasteiger partial charge in [-0.3, -0.25) is 9.89 Å². The van der Waals surface area contributed by atoms with Crippen molar-refractivity contribution in [2.75, 3.05) is 67.1 Å². The number of hydrogen-bond donors (Lipinski definition) is 2. The predicted octanol–water partition coefficient (Wildman–Crippen LogP) is 2.20.